The second-order valence-electron chi connectivity index (χ2n) is 6.88. The van der Waals surface area contributed by atoms with Crippen molar-refractivity contribution < 1.29 is 9.59 Å². The van der Waals surface area contributed by atoms with E-state index < -0.39 is 0 Å². The molecule has 0 spiro atoms. The van der Waals surface area contributed by atoms with Crippen molar-refractivity contribution in [2.45, 2.75) is 51.1 Å². The zero-order valence-electron chi connectivity index (χ0n) is 14.4. The van der Waals surface area contributed by atoms with Crippen LogP contribution in [-0.4, -0.2) is 41.9 Å². The summed E-state index contributed by atoms with van der Waals surface area (Å²) in [4.78, 5) is 29.4. The van der Waals surface area contributed by atoms with Crippen LogP contribution < -0.4 is 10.6 Å². The van der Waals surface area contributed by atoms with E-state index in [1.54, 1.807) is 9.80 Å². The second kappa shape index (κ2) is 7.34. The summed E-state index contributed by atoms with van der Waals surface area (Å²) < 4.78 is 0. The molecule has 0 bridgehead atoms. The number of anilines is 1. The van der Waals surface area contributed by atoms with Gasteiger partial charge in [0.05, 0.1) is 0 Å². The van der Waals surface area contributed by atoms with Crippen molar-refractivity contribution in [2.75, 3.05) is 18.0 Å². The SMILES string of the molecule is CCN(C(=O)C1CCCC(N)C1)C1CCN(c2ccccc2)C1=O. The molecule has 24 heavy (non-hydrogen) atoms. The molecule has 0 aromatic heterocycles. The Balaban J connectivity index is 1.72. The van der Waals surface area contributed by atoms with Gasteiger partial charge in [-0.25, -0.2) is 0 Å². The van der Waals surface area contributed by atoms with Gasteiger partial charge in [0.25, 0.3) is 0 Å². The van der Waals surface area contributed by atoms with Crippen LogP contribution in [0.3, 0.4) is 0 Å². The maximum absolute atomic E-state index is 13.0. The Bertz CT molecular complexity index is 590. The fourth-order valence-corrected chi connectivity index (χ4v) is 4.03. The van der Waals surface area contributed by atoms with Crippen LogP contribution in [0.2, 0.25) is 0 Å². The molecule has 5 heteroatoms. The van der Waals surface area contributed by atoms with Gasteiger partial charge in [0.1, 0.15) is 6.04 Å². The van der Waals surface area contributed by atoms with E-state index in [2.05, 4.69) is 0 Å². The molecule has 130 valence electrons. The summed E-state index contributed by atoms with van der Waals surface area (Å²) in [6.07, 6.45) is 4.35. The number of hydrogen-bond donors (Lipinski definition) is 1. The van der Waals surface area contributed by atoms with Gasteiger partial charge in [-0.05, 0) is 44.7 Å². The number of amides is 2. The molecule has 1 saturated heterocycles. The third-order valence-electron chi connectivity index (χ3n) is 5.31. The lowest BCUT2D eigenvalue weighted by Crippen LogP contribution is -2.49. The van der Waals surface area contributed by atoms with Gasteiger partial charge in [0, 0.05) is 30.7 Å². The zero-order chi connectivity index (χ0) is 17.1. The third kappa shape index (κ3) is 3.31. The molecule has 1 heterocycles. The van der Waals surface area contributed by atoms with Gasteiger partial charge < -0.3 is 15.5 Å². The maximum Gasteiger partial charge on any atom is 0.249 e. The summed E-state index contributed by atoms with van der Waals surface area (Å²) in [7, 11) is 0. The summed E-state index contributed by atoms with van der Waals surface area (Å²) in [6, 6.07) is 9.48. The van der Waals surface area contributed by atoms with Gasteiger partial charge in [-0.1, -0.05) is 24.6 Å². The molecule has 2 fully saturated rings. The van der Waals surface area contributed by atoms with Crippen molar-refractivity contribution in [1.82, 2.24) is 4.90 Å². The molecule has 1 aromatic carbocycles. The summed E-state index contributed by atoms with van der Waals surface area (Å²) in [6.45, 7) is 3.20. The Kier molecular flexibility index (Phi) is 5.19. The van der Waals surface area contributed by atoms with E-state index in [0.717, 1.165) is 31.4 Å². The van der Waals surface area contributed by atoms with Crippen LogP contribution in [0, 0.1) is 5.92 Å². The number of likely N-dealkylation sites (N-methyl/N-ethyl adjacent to an activating group) is 1. The highest BCUT2D eigenvalue weighted by Gasteiger charge is 2.40. The van der Waals surface area contributed by atoms with Crippen molar-refractivity contribution in [3.05, 3.63) is 30.3 Å². The normalized spacial score (nSPS) is 27.3. The first-order chi connectivity index (χ1) is 11.6. The number of benzene rings is 1. The van der Waals surface area contributed by atoms with Gasteiger partial charge in [-0.15, -0.1) is 0 Å². The Labute approximate surface area is 143 Å². The molecule has 1 aliphatic carbocycles. The van der Waals surface area contributed by atoms with Crippen LogP contribution in [0.15, 0.2) is 30.3 Å². The fourth-order valence-electron chi connectivity index (χ4n) is 4.03. The van der Waals surface area contributed by atoms with Crippen LogP contribution in [0.25, 0.3) is 0 Å². The van der Waals surface area contributed by atoms with Gasteiger partial charge >= 0.3 is 0 Å². The molecule has 2 N–H and O–H groups in total. The molecule has 1 saturated carbocycles. The fraction of sp³-hybridized carbons (Fsp3) is 0.579. The van der Waals surface area contributed by atoms with Crippen molar-refractivity contribution in [2.24, 2.45) is 11.7 Å². The van der Waals surface area contributed by atoms with Crippen molar-refractivity contribution in [3.63, 3.8) is 0 Å². The van der Waals surface area contributed by atoms with Crippen LogP contribution in [0.1, 0.15) is 39.0 Å². The Hall–Kier alpha value is -1.88. The van der Waals surface area contributed by atoms with Gasteiger partial charge in [0.15, 0.2) is 0 Å². The van der Waals surface area contributed by atoms with Crippen LogP contribution in [0.5, 0.6) is 0 Å². The molecule has 0 radical (unpaired) electrons. The highest BCUT2D eigenvalue weighted by Crippen LogP contribution is 2.29. The highest BCUT2D eigenvalue weighted by atomic mass is 16.2. The molecular formula is C19H27N3O2. The van der Waals surface area contributed by atoms with Gasteiger partial charge in [-0.3, -0.25) is 9.59 Å². The quantitative estimate of drug-likeness (QED) is 0.920. The molecule has 3 rings (SSSR count). The predicted molar refractivity (Wildman–Crippen MR) is 94.5 cm³/mol. The molecule has 1 aliphatic heterocycles. The number of nitrogens with zero attached hydrogens (tertiary/aromatic N) is 2. The number of carbonyl (C=O) groups excluding carboxylic acids is 2. The van der Waals surface area contributed by atoms with E-state index in [9.17, 15) is 9.59 Å². The first-order valence-electron chi connectivity index (χ1n) is 9.04. The van der Waals surface area contributed by atoms with Crippen molar-refractivity contribution in [3.8, 4) is 0 Å². The summed E-state index contributed by atoms with van der Waals surface area (Å²) in [5, 5.41) is 0. The smallest absolute Gasteiger partial charge is 0.249 e. The topological polar surface area (TPSA) is 66.6 Å². The largest absolute Gasteiger partial charge is 0.331 e. The van der Waals surface area contributed by atoms with E-state index in [-0.39, 0.29) is 29.8 Å². The minimum atomic E-state index is -0.333. The van der Waals surface area contributed by atoms with Gasteiger partial charge in [0.2, 0.25) is 11.8 Å². The third-order valence-corrected chi connectivity index (χ3v) is 5.31. The first kappa shape index (κ1) is 17.0. The van der Waals surface area contributed by atoms with E-state index >= 15 is 0 Å². The van der Waals surface area contributed by atoms with E-state index in [4.69, 9.17) is 5.73 Å². The standard InChI is InChI=1S/C19H27N3O2/c1-2-21(18(23)14-7-6-8-15(20)13-14)17-11-12-22(19(17)24)16-9-4-3-5-10-16/h3-5,9-10,14-15,17H,2,6-8,11-13,20H2,1H3. The van der Waals surface area contributed by atoms with Crippen molar-refractivity contribution >= 4 is 17.5 Å². The second-order valence-corrected chi connectivity index (χ2v) is 6.88. The first-order valence-corrected chi connectivity index (χ1v) is 9.04. The molecule has 2 amide bonds. The minimum Gasteiger partial charge on any atom is -0.331 e. The summed E-state index contributed by atoms with van der Waals surface area (Å²) in [5.41, 5.74) is 6.95. The number of nitrogens with two attached hydrogens (primary N) is 1. The average Bonchev–Trinajstić information content (AvgIpc) is 2.98. The predicted octanol–water partition coefficient (Wildman–Crippen LogP) is 2.16. The minimum absolute atomic E-state index is 0.0210. The van der Waals surface area contributed by atoms with Crippen LogP contribution in [-0.2, 0) is 9.59 Å². The molecule has 1 aromatic rings. The molecule has 3 unspecified atom stereocenters. The van der Waals surface area contributed by atoms with E-state index in [1.165, 1.54) is 0 Å². The summed E-state index contributed by atoms with van der Waals surface area (Å²) in [5.74, 6) is 0.129. The molecule has 3 atom stereocenters. The van der Waals surface area contributed by atoms with Gasteiger partial charge in [-0.2, -0.15) is 0 Å². The molecule has 2 aliphatic rings. The Morgan fingerprint density at radius 2 is 2.00 bits per heavy atom. The average molecular weight is 329 g/mol. The summed E-state index contributed by atoms with van der Waals surface area (Å²) >= 11 is 0. The Morgan fingerprint density at radius 3 is 2.67 bits per heavy atom. The lowest BCUT2D eigenvalue weighted by molar-refractivity contribution is -0.142. The molecule has 5 nitrogen and oxygen atoms in total. The van der Waals surface area contributed by atoms with Crippen LogP contribution >= 0.6 is 0 Å². The monoisotopic (exact) mass is 329 g/mol. The molecular weight excluding hydrogens is 302 g/mol. The number of carbonyl (C=O) groups is 2. The maximum atomic E-state index is 13.0. The number of para-hydroxylation sites is 1. The van der Waals surface area contributed by atoms with Crippen molar-refractivity contribution in [1.29, 1.82) is 0 Å². The lowest BCUT2D eigenvalue weighted by atomic mass is 9.85. The lowest BCUT2D eigenvalue weighted by Gasteiger charge is -2.33. The zero-order valence-corrected chi connectivity index (χ0v) is 14.4. The number of hydrogen-bond acceptors (Lipinski definition) is 3. The Morgan fingerprint density at radius 1 is 1.25 bits per heavy atom. The number of rotatable bonds is 4. The van der Waals surface area contributed by atoms with E-state index in [0.29, 0.717) is 19.5 Å². The van der Waals surface area contributed by atoms with E-state index in [1.807, 2.05) is 37.3 Å². The highest BCUT2D eigenvalue weighted by molar-refractivity contribution is 6.01. The van der Waals surface area contributed by atoms with Crippen LogP contribution in [0.4, 0.5) is 5.69 Å².